The summed E-state index contributed by atoms with van der Waals surface area (Å²) in [6.45, 7) is 10.9. The fourth-order valence-electron chi connectivity index (χ4n) is 3.31. The Morgan fingerprint density at radius 1 is 1.21 bits per heavy atom. The monoisotopic (exact) mass is 341 g/mol. The first-order valence-electron chi connectivity index (χ1n) is 9.82. The Labute approximate surface area is 148 Å². The van der Waals surface area contributed by atoms with Gasteiger partial charge in [0.15, 0.2) is 5.96 Å². The minimum atomic E-state index is 0.204. The molecule has 0 heterocycles. The van der Waals surface area contributed by atoms with Crippen LogP contribution in [0.2, 0.25) is 0 Å². The Kier molecular flexibility index (Phi) is 11.1. The summed E-state index contributed by atoms with van der Waals surface area (Å²) in [5.74, 6) is 1.49. The van der Waals surface area contributed by atoms with Crippen LogP contribution < -0.4 is 10.6 Å². The summed E-state index contributed by atoms with van der Waals surface area (Å²) in [5, 5.41) is 16.2. The molecule has 5 heteroatoms. The van der Waals surface area contributed by atoms with Crippen LogP contribution in [0.1, 0.15) is 65.7 Å². The number of nitrogens with one attached hydrogen (secondary N) is 2. The molecule has 0 radical (unpaired) electrons. The van der Waals surface area contributed by atoms with Gasteiger partial charge in [0.05, 0.1) is 0 Å². The van der Waals surface area contributed by atoms with Gasteiger partial charge in [0.25, 0.3) is 0 Å². The van der Waals surface area contributed by atoms with Gasteiger partial charge in [0.2, 0.25) is 0 Å². The van der Waals surface area contributed by atoms with Crippen molar-refractivity contribution in [1.82, 2.24) is 10.6 Å². The molecule has 24 heavy (non-hydrogen) atoms. The average Bonchev–Trinajstić information content (AvgIpc) is 2.56. The molecule has 0 unspecified atom stereocenters. The molecule has 0 atom stereocenters. The van der Waals surface area contributed by atoms with Crippen molar-refractivity contribution in [2.75, 3.05) is 39.5 Å². The smallest absolute Gasteiger partial charge is 0.191 e. The summed E-state index contributed by atoms with van der Waals surface area (Å²) >= 11 is 0. The van der Waals surface area contributed by atoms with Crippen LogP contribution in [0.3, 0.4) is 0 Å². The van der Waals surface area contributed by atoms with Crippen molar-refractivity contribution >= 4 is 5.96 Å². The van der Waals surface area contributed by atoms with Crippen LogP contribution in [-0.4, -0.2) is 50.5 Å². The third-order valence-electron chi connectivity index (χ3n) is 4.68. The quantitative estimate of drug-likeness (QED) is 0.307. The average molecular weight is 342 g/mol. The molecule has 1 aliphatic rings. The van der Waals surface area contributed by atoms with Crippen LogP contribution in [0.5, 0.6) is 0 Å². The van der Waals surface area contributed by atoms with Crippen LogP contribution >= 0.6 is 0 Å². The number of guanidine groups is 1. The predicted molar refractivity (Wildman–Crippen MR) is 101 cm³/mol. The number of aliphatic hydroxyl groups is 1. The lowest BCUT2D eigenvalue weighted by Gasteiger charge is -2.35. The van der Waals surface area contributed by atoms with Crippen molar-refractivity contribution in [3.05, 3.63) is 0 Å². The molecule has 0 aromatic carbocycles. The summed E-state index contributed by atoms with van der Waals surface area (Å²) in [4.78, 5) is 4.82. The SMILES string of the molecule is CCNC(=NCC1(CCO)CCCCC1)NCCCOCC(C)C. The second-order valence-corrected chi connectivity index (χ2v) is 7.48. The largest absolute Gasteiger partial charge is 0.396 e. The van der Waals surface area contributed by atoms with Gasteiger partial charge in [-0.05, 0) is 43.9 Å². The third kappa shape index (κ3) is 8.88. The maximum atomic E-state index is 9.42. The topological polar surface area (TPSA) is 65.9 Å². The molecule has 3 N–H and O–H groups in total. The zero-order valence-corrected chi connectivity index (χ0v) is 16.1. The molecule has 1 saturated carbocycles. The molecule has 0 aromatic rings. The molecule has 0 aliphatic heterocycles. The van der Waals surface area contributed by atoms with Crippen molar-refractivity contribution in [2.45, 2.75) is 65.7 Å². The molecule has 1 rings (SSSR count). The Bertz CT molecular complexity index is 334. The van der Waals surface area contributed by atoms with Gasteiger partial charge in [-0.1, -0.05) is 33.1 Å². The number of aliphatic imine (C=N–C) groups is 1. The highest BCUT2D eigenvalue weighted by atomic mass is 16.5. The van der Waals surface area contributed by atoms with Crippen LogP contribution in [-0.2, 0) is 4.74 Å². The molecule has 5 nitrogen and oxygen atoms in total. The Hall–Kier alpha value is -0.810. The van der Waals surface area contributed by atoms with E-state index in [1.807, 2.05) is 0 Å². The summed E-state index contributed by atoms with van der Waals surface area (Å²) in [5.41, 5.74) is 0.204. The molecule has 142 valence electrons. The molecule has 1 fully saturated rings. The van der Waals surface area contributed by atoms with E-state index in [2.05, 4.69) is 31.4 Å². The zero-order chi connectivity index (χ0) is 17.7. The van der Waals surface area contributed by atoms with Crippen molar-refractivity contribution in [3.63, 3.8) is 0 Å². The van der Waals surface area contributed by atoms with Gasteiger partial charge in [-0.3, -0.25) is 4.99 Å². The highest BCUT2D eigenvalue weighted by Gasteiger charge is 2.31. The zero-order valence-electron chi connectivity index (χ0n) is 16.1. The minimum Gasteiger partial charge on any atom is -0.396 e. The number of hydrogen-bond donors (Lipinski definition) is 3. The van der Waals surface area contributed by atoms with Crippen LogP contribution in [0.15, 0.2) is 4.99 Å². The molecule has 0 spiro atoms. The Morgan fingerprint density at radius 2 is 1.96 bits per heavy atom. The summed E-state index contributed by atoms with van der Waals surface area (Å²) < 4.78 is 5.61. The first kappa shape index (κ1) is 21.2. The first-order chi connectivity index (χ1) is 11.6. The van der Waals surface area contributed by atoms with E-state index in [4.69, 9.17) is 9.73 Å². The number of aliphatic hydroxyl groups excluding tert-OH is 1. The maximum absolute atomic E-state index is 9.42. The molecule has 1 aliphatic carbocycles. The van der Waals surface area contributed by atoms with Crippen molar-refractivity contribution < 1.29 is 9.84 Å². The molecular weight excluding hydrogens is 302 g/mol. The fraction of sp³-hybridized carbons (Fsp3) is 0.947. The van der Waals surface area contributed by atoms with E-state index in [0.29, 0.717) is 5.92 Å². The van der Waals surface area contributed by atoms with Crippen LogP contribution in [0, 0.1) is 11.3 Å². The summed E-state index contributed by atoms with van der Waals surface area (Å²) in [6, 6.07) is 0. The van der Waals surface area contributed by atoms with Gasteiger partial charge in [-0.25, -0.2) is 0 Å². The van der Waals surface area contributed by atoms with E-state index in [9.17, 15) is 5.11 Å². The number of nitrogens with zero attached hydrogens (tertiary/aromatic N) is 1. The van der Waals surface area contributed by atoms with Crippen LogP contribution in [0.25, 0.3) is 0 Å². The molecule has 0 bridgehead atoms. The van der Waals surface area contributed by atoms with Gasteiger partial charge in [0.1, 0.15) is 0 Å². The molecule has 0 amide bonds. The van der Waals surface area contributed by atoms with Crippen molar-refractivity contribution in [1.29, 1.82) is 0 Å². The highest BCUT2D eigenvalue weighted by Crippen LogP contribution is 2.39. The second kappa shape index (κ2) is 12.5. The number of ether oxygens (including phenoxy) is 1. The molecule has 0 saturated heterocycles. The van der Waals surface area contributed by atoms with Gasteiger partial charge < -0.3 is 20.5 Å². The van der Waals surface area contributed by atoms with E-state index in [0.717, 1.165) is 51.6 Å². The Morgan fingerprint density at radius 3 is 2.58 bits per heavy atom. The maximum Gasteiger partial charge on any atom is 0.191 e. The molecule has 0 aromatic heterocycles. The number of hydrogen-bond acceptors (Lipinski definition) is 3. The first-order valence-corrected chi connectivity index (χ1v) is 9.82. The highest BCUT2D eigenvalue weighted by molar-refractivity contribution is 5.79. The number of rotatable bonds is 11. The lowest BCUT2D eigenvalue weighted by molar-refractivity contribution is 0.108. The summed E-state index contributed by atoms with van der Waals surface area (Å²) in [6.07, 6.45) is 8.11. The van der Waals surface area contributed by atoms with Gasteiger partial charge >= 0.3 is 0 Å². The van der Waals surface area contributed by atoms with E-state index in [1.165, 1.54) is 32.1 Å². The standard InChI is InChI=1S/C19H39N3O2/c1-4-20-18(21-12-8-14-24-15-17(2)3)22-16-19(11-13-23)9-6-5-7-10-19/h17,23H,4-16H2,1-3H3,(H2,20,21,22). The van der Waals surface area contributed by atoms with Crippen molar-refractivity contribution in [3.8, 4) is 0 Å². The van der Waals surface area contributed by atoms with Gasteiger partial charge in [-0.2, -0.15) is 0 Å². The Balaban J connectivity index is 2.39. The lowest BCUT2D eigenvalue weighted by atomic mass is 9.72. The fourth-order valence-corrected chi connectivity index (χ4v) is 3.31. The summed E-state index contributed by atoms with van der Waals surface area (Å²) in [7, 11) is 0. The second-order valence-electron chi connectivity index (χ2n) is 7.48. The normalized spacial score (nSPS) is 18.0. The van der Waals surface area contributed by atoms with E-state index < -0.39 is 0 Å². The van der Waals surface area contributed by atoms with E-state index >= 15 is 0 Å². The third-order valence-corrected chi connectivity index (χ3v) is 4.68. The van der Waals surface area contributed by atoms with Crippen LogP contribution in [0.4, 0.5) is 0 Å². The lowest BCUT2D eigenvalue weighted by Crippen LogP contribution is -2.39. The predicted octanol–water partition coefficient (Wildman–Crippen LogP) is 2.94. The van der Waals surface area contributed by atoms with Crippen molar-refractivity contribution in [2.24, 2.45) is 16.3 Å². The van der Waals surface area contributed by atoms with Gasteiger partial charge in [-0.15, -0.1) is 0 Å². The minimum absolute atomic E-state index is 0.204. The van der Waals surface area contributed by atoms with E-state index in [-0.39, 0.29) is 12.0 Å². The van der Waals surface area contributed by atoms with E-state index in [1.54, 1.807) is 0 Å². The van der Waals surface area contributed by atoms with Gasteiger partial charge in [0, 0.05) is 39.5 Å². The molecular formula is C19H39N3O2.